The van der Waals surface area contributed by atoms with E-state index in [0.717, 1.165) is 6.07 Å². The fourth-order valence-corrected chi connectivity index (χ4v) is 1.000. The molecule has 1 rings (SSSR count). The molecule has 1 aromatic rings. The third-order valence-corrected chi connectivity index (χ3v) is 1.97. The molecule has 1 amide bonds. The molecule has 0 aliphatic heterocycles. The lowest BCUT2D eigenvalue weighted by Gasteiger charge is -2.07. The van der Waals surface area contributed by atoms with E-state index in [0.29, 0.717) is 5.69 Å². The summed E-state index contributed by atoms with van der Waals surface area (Å²) in [4.78, 5) is 11.2. The molecular weight excluding hydrogens is 215 g/mol. The molecule has 3 nitrogen and oxygen atoms in total. The van der Waals surface area contributed by atoms with Crippen LogP contribution in [0.2, 0.25) is 0 Å². The molecule has 1 aromatic carbocycles. The van der Waals surface area contributed by atoms with Gasteiger partial charge < -0.3 is 5.32 Å². The second-order valence-electron chi connectivity index (χ2n) is 2.97. The summed E-state index contributed by atoms with van der Waals surface area (Å²) in [5.41, 5.74) is 0.290. The number of nitriles is 1. The first kappa shape index (κ1) is 11.5. The number of thiol groups is 1. The molecule has 0 saturated heterocycles. The van der Waals surface area contributed by atoms with Gasteiger partial charge in [0.1, 0.15) is 11.9 Å². The van der Waals surface area contributed by atoms with E-state index in [1.165, 1.54) is 12.1 Å². The van der Waals surface area contributed by atoms with E-state index in [1.54, 1.807) is 13.0 Å². The Balaban J connectivity index is 2.89. The molecule has 0 aliphatic rings. The quantitative estimate of drug-likeness (QED) is 0.754. The summed E-state index contributed by atoms with van der Waals surface area (Å²) < 4.78 is 12.9. The zero-order chi connectivity index (χ0) is 11.4. The van der Waals surface area contributed by atoms with Crippen molar-refractivity contribution in [3.05, 3.63) is 29.6 Å². The molecule has 0 saturated carbocycles. The predicted octanol–water partition coefficient (Wildman–Crippen LogP) is 1.95. The van der Waals surface area contributed by atoms with Crippen molar-refractivity contribution in [1.82, 2.24) is 0 Å². The number of hydrogen-bond donors (Lipinski definition) is 2. The van der Waals surface area contributed by atoms with Crippen LogP contribution in [-0.2, 0) is 4.79 Å². The van der Waals surface area contributed by atoms with Gasteiger partial charge >= 0.3 is 0 Å². The van der Waals surface area contributed by atoms with Crippen molar-refractivity contribution < 1.29 is 9.18 Å². The molecule has 0 spiro atoms. The van der Waals surface area contributed by atoms with Crippen LogP contribution in [0.1, 0.15) is 12.5 Å². The van der Waals surface area contributed by atoms with Crippen LogP contribution in [0.25, 0.3) is 0 Å². The zero-order valence-electron chi connectivity index (χ0n) is 7.99. The fourth-order valence-electron chi connectivity index (χ4n) is 0.935. The molecule has 1 atom stereocenters. The number of carbonyl (C=O) groups is 1. The Labute approximate surface area is 92.3 Å². The van der Waals surface area contributed by atoms with Gasteiger partial charge in [-0.25, -0.2) is 4.39 Å². The number of halogens is 1. The van der Waals surface area contributed by atoms with Crippen LogP contribution in [0.3, 0.4) is 0 Å². The van der Waals surface area contributed by atoms with E-state index in [-0.39, 0.29) is 11.5 Å². The second kappa shape index (κ2) is 4.80. The number of hydrogen-bond acceptors (Lipinski definition) is 3. The largest absolute Gasteiger partial charge is 0.325 e. The number of nitrogens with zero attached hydrogens (tertiary/aromatic N) is 1. The maximum atomic E-state index is 12.9. The molecule has 15 heavy (non-hydrogen) atoms. The zero-order valence-corrected chi connectivity index (χ0v) is 8.88. The van der Waals surface area contributed by atoms with Gasteiger partial charge in [0.2, 0.25) is 5.91 Å². The number of amides is 1. The summed E-state index contributed by atoms with van der Waals surface area (Å²) in [5.74, 6) is -0.900. The van der Waals surface area contributed by atoms with Crippen LogP contribution >= 0.6 is 12.6 Å². The fraction of sp³-hybridized carbons (Fsp3) is 0.200. The third-order valence-electron chi connectivity index (χ3n) is 1.73. The van der Waals surface area contributed by atoms with Crippen LogP contribution in [-0.4, -0.2) is 11.2 Å². The summed E-state index contributed by atoms with van der Waals surface area (Å²) in [6.45, 7) is 1.62. The van der Waals surface area contributed by atoms with Gasteiger partial charge in [0.15, 0.2) is 0 Å². The van der Waals surface area contributed by atoms with Crippen molar-refractivity contribution in [3.63, 3.8) is 0 Å². The standard InChI is InChI=1S/C10H9FN2OS/c1-6(15)10(14)13-8-2-3-9(11)7(4-8)5-12/h2-4,6,15H,1H3,(H,13,14). The Bertz CT molecular complexity index is 426. The molecule has 1 unspecified atom stereocenters. The van der Waals surface area contributed by atoms with Crippen molar-refractivity contribution in [2.75, 3.05) is 5.32 Å². The van der Waals surface area contributed by atoms with Gasteiger partial charge in [-0.1, -0.05) is 0 Å². The highest BCUT2D eigenvalue weighted by Gasteiger charge is 2.09. The van der Waals surface area contributed by atoms with Crippen molar-refractivity contribution in [1.29, 1.82) is 5.26 Å². The summed E-state index contributed by atoms with van der Waals surface area (Å²) in [5, 5.41) is 10.6. The third kappa shape index (κ3) is 2.96. The van der Waals surface area contributed by atoms with E-state index >= 15 is 0 Å². The van der Waals surface area contributed by atoms with E-state index in [4.69, 9.17) is 5.26 Å². The SMILES string of the molecule is CC(S)C(=O)Nc1ccc(F)c(C#N)c1. The number of anilines is 1. The topological polar surface area (TPSA) is 52.9 Å². The number of nitrogens with one attached hydrogen (secondary N) is 1. The predicted molar refractivity (Wildman–Crippen MR) is 58.2 cm³/mol. The molecule has 0 bridgehead atoms. The van der Waals surface area contributed by atoms with Crippen molar-refractivity contribution in [3.8, 4) is 6.07 Å². The minimum atomic E-state index is -0.602. The first-order valence-electron chi connectivity index (χ1n) is 4.23. The summed E-state index contributed by atoms with van der Waals surface area (Å²) in [7, 11) is 0. The average molecular weight is 224 g/mol. The van der Waals surface area contributed by atoms with E-state index in [9.17, 15) is 9.18 Å². The molecule has 0 fully saturated rings. The molecule has 5 heteroatoms. The van der Waals surface area contributed by atoms with Gasteiger partial charge in [0.25, 0.3) is 0 Å². The minimum absolute atomic E-state index is 0.0976. The van der Waals surface area contributed by atoms with Crippen LogP contribution in [0.15, 0.2) is 18.2 Å². The molecule has 1 N–H and O–H groups in total. The molecule has 78 valence electrons. The summed E-state index contributed by atoms with van der Waals surface area (Å²) >= 11 is 3.94. The van der Waals surface area contributed by atoms with Gasteiger partial charge in [-0.2, -0.15) is 17.9 Å². The van der Waals surface area contributed by atoms with Gasteiger partial charge in [0.05, 0.1) is 10.8 Å². The van der Waals surface area contributed by atoms with E-state index in [2.05, 4.69) is 17.9 Å². The highest BCUT2D eigenvalue weighted by atomic mass is 32.1. The molecule has 0 aromatic heterocycles. The number of benzene rings is 1. The molecular formula is C10H9FN2OS. The van der Waals surface area contributed by atoms with Gasteiger partial charge in [0, 0.05) is 5.69 Å². The lowest BCUT2D eigenvalue weighted by molar-refractivity contribution is -0.115. The van der Waals surface area contributed by atoms with Gasteiger partial charge in [-0.3, -0.25) is 4.79 Å². The molecule has 0 radical (unpaired) electrons. The highest BCUT2D eigenvalue weighted by Crippen LogP contribution is 2.14. The number of rotatable bonds is 2. The van der Waals surface area contributed by atoms with Crippen LogP contribution in [0, 0.1) is 17.1 Å². The van der Waals surface area contributed by atoms with Crippen LogP contribution < -0.4 is 5.32 Å². The van der Waals surface area contributed by atoms with E-state index in [1.807, 2.05) is 0 Å². The Morgan fingerprint density at radius 2 is 2.33 bits per heavy atom. The maximum absolute atomic E-state index is 12.9. The van der Waals surface area contributed by atoms with E-state index < -0.39 is 11.1 Å². The number of carbonyl (C=O) groups excluding carboxylic acids is 1. The Morgan fingerprint density at radius 1 is 1.67 bits per heavy atom. The summed E-state index contributed by atoms with van der Waals surface area (Å²) in [6, 6.07) is 5.50. The van der Waals surface area contributed by atoms with Crippen molar-refractivity contribution in [2.45, 2.75) is 12.2 Å². The highest BCUT2D eigenvalue weighted by molar-refractivity contribution is 7.81. The maximum Gasteiger partial charge on any atom is 0.236 e. The van der Waals surface area contributed by atoms with Crippen LogP contribution in [0.4, 0.5) is 10.1 Å². The molecule has 0 heterocycles. The normalized spacial score (nSPS) is 11.6. The second-order valence-corrected chi connectivity index (χ2v) is 3.75. The average Bonchev–Trinajstić information content (AvgIpc) is 2.20. The first-order valence-corrected chi connectivity index (χ1v) is 4.75. The Kier molecular flexibility index (Phi) is 3.69. The lowest BCUT2D eigenvalue weighted by atomic mass is 10.2. The smallest absolute Gasteiger partial charge is 0.236 e. The van der Waals surface area contributed by atoms with Crippen LogP contribution in [0.5, 0.6) is 0 Å². The van der Waals surface area contributed by atoms with Gasteiger partial charge in [-0.15, -0.1) is 0 Å². The Morgan fingerprint density at radius 3 is 2.87 bits per heavy atom. The molecule has 0 aliphatic carbocycles. The van der Waals surface area contributed by atoms with Crippen molar-refractivity contribution in [2.24, 2.45) is 0 Å². The lowest BCUT2D eigenvalue weighted by Crippen LogP contribution is -2.20. The Hall–Kier alpha value is -1.54. The minimum Gasteiger partial charge on any atom is -0.325 e. The summed E-state index contributed by atoms with van der Waals surface area (Å²) in [6.07, 6.45) is 0. The van der Waals surface area contributed by atoms with Crippen molar-refractivity contribution >= 4 is 24.2 Å². The monoisotopic (exact) mass is 224 g/mol. The van der Waals surface area contributed by atoms with Gasteiger partial charge in [-0.05, 0) is 25.1 Å². The first-order chi connectivity index (χ1) is 7.04.